The summed E-state index contributed by atoms with van der Waals surface area (Å²) in [5.74, 6) is -0.404. The summed E-state index contributed by atoms with van der Waals surface area (Å²) in [5, 5.41) is 14.3. The molecule has 2 amide bonds. The van der Waals surface area contributed by atoms with Gasteiger partial charge in [-0.15, -0.1) is 0 Å². The molecule has 2 fully saturated rings. The average molecular weight is 491 g/mol. The lowest BCUT2D eigenvalue weighted by atomic mass is 9.70. The molecule has 3 heterocycles. The Kier molecular flexibility index (Phi) is 6.06. The van der Waals surface area contributed by atoms with Crippen molar-refractivity contribution in [2.75, 3.05) is 19.6 Å². The van der Waals surface area contributed by atoms with E-state index < -0.39 is 6.09 Å². The zero-order chi connectivity index (χ0) is 25.6. The van der Waals surface area contributed by atoms with Crippen molar-refractivity contribution in [1.82, 2.24) is 19.6 Å². The van der Waals surface area contributed by atoms with E-state index in [0.29, 0.717) is 30.0 Å². The summed E-state index contributed by atoms with van der Waals surface area (Å²) in [5.41, 5.74) is 2.67. The van der Waals surface area contributed by atoms with Gasteiger partial charge < -0.3 is 14.9 Å². The molecule has 0 bridgehead atoms. The quantitative estimate of drug-likeness (QED) is 0.550. The molecule has 188 valence electrons. The molecular weight excluding hydrogens is 459 g/mol. The maximum atomic E-state index is 13.8. The van der Waals surface area contributed by atoms with E-state index in [1.54, 1.807) is 23.0 Å². The number of nitrogens with zero attached hydrogens (tertiary/aromatic N) is 4. The van der Waals surface area contributed by atoms with Gasteiger partial charge in [-0.25, -0.2) is 13.9 Å². The Bertz CT molecular complexity index is 1270. The highest BCUT2D eigenvalue weighted by molar-refractivity contribution is 5.96. The van der Waals surface area contributed by atoms with Gasteiger partial charge in [-0.1, -0.05) is 51.1 Å². The predicted molar refractivity (Wildman–Crippen MR) is 134 cm³/mol. The second-order valence-electron chi connectivity index (χ2n) is 10.8. The van der Waals surface area contributed by atoms with Gasteiger partial charge in [0, 0.05) is 37.5 Å². The molecule has 2 saturated heterocycles. The van der Waals surface area contributed by atoms with Gasteiger partial charge in [-0.05, 0) is 41.7 Å². The Balaban J connectivity index is 1.52. The monoisotopic (exact) mass is 490 g/mol. The maximum Gasteiger partial charge on any atom is 0.407 e. The summed E-state index contributed by atoms with van der Waals surface area (Å²) in [6.07, 6.45) is 1.50. The lowest BCUT2D eigenvalue weighted by Crippen LogP contribution is -2.62. The number of carboxylic acid groups (broad SMARTS) is 1. The van der Waals surface area contributed by atoms with Crippen molar-refractivity contribution < 1.29 is 19.1 Å². The number of halogens is 1. The molecule has 5 rings (SSSR count). The smallest absolute Gasteiger partial charge is 0.407 e. The SMILES string of the molecule is CC(C)(C)C1C(c2c(C(=O)N3CC[C@H](c4ccccc4)C3)cnn2-c2ccc(F)cc2)CN1C(=O)O. The predicted octanol–water partition coefficient (Wildman–Crippen LogP) is 5.13. The Morgan fingerprint density at radius 2 is 1.72 bits per heavy atom. The van der Waals surface area contributed by atoms with Gasteiger partial charge in [0.2, 0.25) is 0 Å². The zero-order valence-corrected chi connectivity index (χ0v) is 20.8. The first kappa shape index (κ1) is 24.0. The van der Waals surface area contributed by atoms with Crippen molar-refractivity contribution in [1.29, 1.82) is 0 Å². The lowest BCUT2D eigenvalue weighted by Gasteiger charge is -2.53. The fourth-order valence-corrected chi connectivity index (χ4v) is 5.79. The molecule has 1 aromatic heterocycles. The van der Waals surface area contributed by atoms with E-state index in [1.807, 2.05) is 43.9 Å². The number of hydrogen-bond acceptors (Lipinski definition) is 3. The molecule has 7 nitrogen and oxygen atoms in total. The third-order valence-electron chi connectivity index (χ3n) is 7.45. The summed E-state index contributed by atoms with van der Waals surface area (Å²) in [6, 6.07) is 15.9. The number of amides is 2. The van der Waals surface area contributed by atoms with Crippen LogP contribution in [0.2, 0.25) is 0 Å². The van der Waals surface area contributed by atoms with Crippen molar-refractivity contribution in [2.24, 2.45) is 5.41 Å². The van der Waals surface area contributed by atoms with Gasteiger partial charge >= 0.3 is 6.09 Å². The van der Waals surface area contributed by atoms with Crippen LogP contribution in [-0.4, -0.2) is 62.4 Å². The Labute approximate surface area is 210 Å². The molecule has 3 aromatic rings. The fourth-order valence-electron chi connectivity index (χ4n) is 5.79. The van der Waals surface area contributed by atoms with Crippen LogP contribution < -0.4 is 0 Å². The molecule has 2 aliphatic rings. The molecule has 0 aliphatic carbocycles. The number of hydrogen-bond donors (Lipinski definition) is 1. The number of carbonyl (C=O) groups excluding carboxylic acids is 1. The minimum atomic E-state index is -0.975. The third kappa shape index (κ3) is 4.25. The maximum absolute atomic E-state index is 13.8. The lowest BCUT2D eigenvalue weighted by molar-refractivity contribution is -0.00397. The van der Waals surface area contributed by atoms with Crippen LogP contribution in [0.3, 0.4) is 0 Å². The molecular formula is C28H31FN4O3. The molecule has 36 heavy (non-hydrogen) atoms. The molecule has 2 unspecified atom stereocenters. The van der Waals surface area contributed by atoms with Crippen LogP contribution in [0.1, 0.15) is 60.6 Å². The topological polar surface area (TPSA) is 78.7 Å². The number of benzene rings is 2. The minimum Gasteiger partial charge on any atom is -0.465 e. The fraction of sp³-hybridized carbons (Fsp3) is 0.393. The van der Waals surface area contributed by atoms with Crippen molar-refractivity contribution in [3.8, 4) is 5.69 Å². The van der Waals surface area contributed by atoms with E-state index in [9.17, 15) is 19.1 Å². The summed E-state index contributed by atoms with van der Waals surface area (Å²) in [4.78, 5) is 29.1. The molecule has 3 atom stereocenters. The van der Waals surface area contributed by atoms with E-state index >= 15 is 0 Å². The minimum absolute atomic E-state index is 0.0989. The normalized spacial score (nSPS) is 21.9. The van der Waals surface area contributed by atoms with Gasteiger partial charge in [0.05, 0.1) is 23.1 Å². The molecule has 2 aliphatic heterocycles. The molecule has 0 saturated carbocycles. The van der Waals surface area contributed by atoms with E-state index in [2.05, 4.69) is 17.2 Å². The van der Waals surface area contributed by atoms with E-state index in [0.717, 1.165) is 6.42 Å². The van der Waals surface area contributed by atoms with Gasteiger partial charge in [-0.2, -0.15) is 5.10 Å². The number of aromatic nitrogens is 2. The first-order chi connectivity index (χ1) is 17.1. The largest absolute Gasteiger partial charge is 0.465 e. The van der Waals surface area contributed by atoms with Gasteiger partial charge in [-0.3, -0.25) is 4.79 Å². The van der Waals surface area contributed by atoms with Gasteiger partial charge in [0.25, 0.3) is 5.91 Å². The summed E-state index contributed by atoms with van der Waals surface area (Å²) in [7, 11) is 0. The summed E-state index contributed by atoms with van der Waals surface area (Å²) < 4.78 is 15.3. The van der Waals surface area contributed by atoms with E-state index in [-0.39, 0.29) is 41.6 Å². The van der Waals surface area contributed by atoms with Crippen LogP contribution in [0.4, 0.5) is 9.18 Å². The first-order valence-electron chi connectivity index (χ1n) is 12.3. The van der Waals surface area contributed by atoms with Crippen LogP contribution in [-0.2, 0) is 0 Å². The number of likely N-dealkylation sites (tertiary alicyclic amines) is 2. The molecule has 8 heteroatoms. The third-order valence-corrected chi connectivity index (χ3v) is 7.45. The van der Waals surface area contributed by atoms with Crippen LogP contribution in [0, 0.1) is 11.2 Å². The van der Waals surface area contributed by atoms with E-state index in [4.69, 9.17) is 0 Å². The summed E-state index contributed by atoms with van der Waals surface area (Å²) in [6.45, 7) is 7.56. The van der Waals surface area contributed by atoms with Crippen LogP contribution in [0.15, 0.2) is 60.8 Å². The Hall–Kier alpha value is -3.68. The molecule has 1 N–H and O–H groups in total. The zero-order valence-electron chi connectivity index (χ0n) is 20.8. The van der Waals surface area contributed by atoms with Crippen LogP contribution in [0.5, 0.6) is 0 Å². The highest BCUT2D eigenvalue weighted by Crippen LogP contribution is 2.45. The summed E-state index contributed by atoms with van der Waals surface area (Å²) >= 11 is 0. The van der Waals surface area contributed by atoms with Crippen molar-refractivity contribution in [2.45, 2.75) is 45.1 Å². The Morgan fingerprint density at radius 3 is 2.36 bits per heavy atom. The molecule has 2 aromatic carbocycles. The first-order valence-corrected chi connectivity index (χ1v) is 12.3. The van der Waals surface area contributed by atoms with Gasteiger partial charge in [0.1, 0.15) is 5.82 Å². The average Bonchev–Trinajstić information content (AvgIpc) is 3.46. The standard InChI is InChI=1S/C28H31FN4O3/c1-28(2,3)25-23(17-32(25)27(35)36)24-22(15-30-33(24)21-11-9-20(29)10-12-21)26(34)31-14-13-19(16-31)18-7-5-4-6-8-18/h4-12,15,19,23,25H,13-14,16-17H2,1-3H3,(H,35,36)/t19-,23?,25?/m0/s1. The van der Waals surface area contributed by atoms with Crippen molar-refractivity contribution in [3.05, 3.63) is 83.4 Å². The van der Waals surface area contributed by atoms with E-state index in [1.165, 1.54) is 22.6 Å². The van der Waals surface area contributed by atoms with Gasteiger partial charge in [0.15, 0.2) is 0 Å². The highest BCUT2D eigenvalue weighted by Gasteiger charge is 2.51. The highest BCUT2D eigenvalue weighted by atomic mass is 19.1. The van der Waals surface area contributed by atoms with Crippen LogP contribution >= 0.6 is 0 Å². The number of carbonyl (C=O) groups is 2. The number of rotatable bonds is 4. The Morgan fingerprint density at radius 1 is 1.03 bits per heavy atom. The molecule has 0 spiro atoms. The second-order valence-corrected chi connectivity index (χ2v) is 10.8. The van der Waals surface area contributed by atoms with Crippen molar-refractivity contribution in [3.63, 3.8) is 0 Å². The second kappa shape index (κ2) is 9.08. The van der Waals surface area contributed by atoms with Crippen LogP contribution in [0.25, 0.3) is 5.69 Å². The van der Waals surface area contributed by atoms with Crippen molar-refractivity contribution >= 4 is 12.0 Å². The molecule has 0 radical (unpaired) electrons.